The standard InChI is InChI=1S/C14H11NOS/c1-11-5-4-6-12(9-11)17-14-8-3-2-7-13(14)15-10-16/h2-9H,1H3. The average molecular weight is 241 g/mol. The van der Waals surface area contributed by atoms with E-state index in [-0.39, 0.29) is 0 Å². The smallest absolute Gasteiger partial charge is 0.211 e. The van der Waals surface area contributed by atoms with E-state index in [0.717, 1.165) is 9.79 Å². The zero-order valence-corrected chi connectivity index (χ0v) is 10.2. The van der Waals surface area contributed by atoms with Gasteiger partial charge in [0.15, 0.2) is 0 Å². The van der Waals surface area contributed by atoms with Crippen LogP contribution >= 0.6 is 11.8 Å². The van der Waals surface area contributed by atoms with E-state index >= 15 is 0 Å². The van der Waals surface area contributed by atoms with E-state index in [2.05, 4.69) is 24.0 Å². The summed E-state index contributed by atoms with van der Waals surface area (Å²) in [6, 6.07) is 15.8. The van der Waals surface area contributed by atoms with E-state index in [4.69, 9.17) is 0 Å². The number of hydrogen-bond donors (Lipinski definition) is 0. The Morgan fingerprint density at radius 2 is 1.94 bits per heavy atom. The van der Waals surface area contributed by atoms with Crippen molar-refractivity contribution in [2.24, 2.45) is 4.99 Å². The highest BCUT2D eigenvalue weighted by atomic mass is 32.2. The van der Waals surface area contributed by atoms with Gasteiger partial charge in [-0.1, -0.05) is 41.6 Å². The van der Waals surface area contributed by atoms with Gasteiger partial charge >= 0.3 is 0 Å². The van der Waals surface area contributed by atoms with Crippen LogP contribution in [0.3, 0.4) is 0 Å². The minimum atomic E-state index is 0.661. The maximum Gasteiger partial charge on any atom is 0.240 e. The summed E-state index contributed by atoms with van der Waals surface area (Å²) in [7, 11) is 0. The van der Waals surface area contributed by atoms with Crippen molar-refractivity contribution in [1.29, 1.82) is 0 Å². The lowest BCUT2D eigenvalue weighted by molar-refractivity contribution is 0.565. The lowest BCUT2D eigenvalue weighted by Crippen LogP contribution is -1.77. The summed E-state index contributed by atoms with van der Waals surface area (Å²) in [5.41, 5.74) is 1.88. The first kappa shape index (κ1) is 11.6. The molecule has 2 nitrogen and oxygen atoms in total. The van der Waals surface area contributed by atoms with E-state index in [9.17, 15) is 4.79 Å². The first-order valence-corrected chi connectivity index (χ1v) is 6.02. The molecule has 0 aliphatic carbocycles. The maximum atomic E-state index is 10.3. The molecule has 0 amide bonds. The Bertz CT molecular complexity index is 574. The molecule has 0 aliphatic heterocycles. The van der Waals surface area contributed by atoms with Gasteiger partial charge in [-0.15, -0.1) is 0 Å². The SMILES string of the molecule is Cc1cccc(Sc2ccccc2N=C=O)c1. The van der Waals surface area contributed by atoms with Gasteiger partial charge in [-0.25, -0.2) is 4.79 Å². The summed E-state index contributed by atoms with van der Waals surface area (Å²) in [6.45, 7) is 2.06. The molecule has 0 fully saturated rings. The number of hydrogen-bond acceptors (Lipinski definition) is 3. The van der Waals surface area contributed by atoms with Crippen molar-refractivity contribution in [3.63, 3.8) is 0 Å². The van der Waals surface area contributed by atoms with Crippen molar-refractivity contribution in [2.45, 2.75) is 16.7 Å². The number of rotatable bonds is 3. The Balaban J connectivity index is 2.33. The Morgan fingerprint density at radius 1 is 1.12 bits per heavy atom. The number of aryl methyl sites for hydroxylation is 1. The molecule has 2 rings (SSSR count). The van der Waals surface area contributed by atoms with E-state index in [1.807, 2.05) is 36.4 Å². The predicted molar refractivity (Wildman–Crippen MR) is 69.5 cm³/mol. The summed E-state index contributed by atoms with van der Waals surface area (Å²) < 4.78 is 0. The average Bonchev–Trinajstić information content (AvgIpc) is 2.32. The zero-order chi connectivity index (χ0) is 12.1. The molecule has 84 valence electrons. The molecular formula is C14H11NOS. The van der Waals surface area contributed by atoms with Gasteiger partial charge in [0.25, 0.3) is 0 Å². The third-order valence-electron chi connectivity index (χ3n) is 2.25. The van der Waals surface area contributed by atoms with Crippen LogP contribution in [0.2, 0.25) is 0 Å². The van der Waals surface area contributed by atoms with Crippen LogP contribution in [-0.2, 0) is 4.79 Å². The molecule has 0 aromatic heterocycles. The Hall–Kier alpha value is -1.83. The second-order valence-electron chi connectivity index (χ2n) is 3.59. The van der Waals surface area contributed by atoms with Crippen LogP contribution in [0.25, 0.3) is 0 Å². The van der Waals surface area contributed by atoms with Crippen molar-refractivity contribution < 1.29 is 4.79 Å². The molecule has 3 heteroatoms. The summed E-state index contributed by atoms with van der Waals surface area (Å²) in [4.78, 5) is 16.1. The number of carbonyl (C=O) groups excluding carboxylic acids is 1. The largest absolute Gasteiger partial charge is 0.240 e. The molecule has 2 aromatic rings. The first-order chi connectivity index (χ1) is 8.29. The van der Waals surface area contributed by atoms with Gasteiger partial charge in [-0.2, -0.15) is 4.99 Å². The Morgan fingerprint density at radius 3 is 2.71 bits per heavy atom. The highest BCUT2D eigenvalue weighted by Crippen LogP contribution is 2.34. The topological polar surface area (TPSA) is 29.4 Å². The molecule has 17 heavy (non-hydrogen) atoms. The summed E-state index contributed by atoms with van der Waals surface area (Å²) in [6.07, 6.45) is 1.58. The van der Waals surface area contributed by atoms with E-state index in [1.165, 1.54) is 5.56 Å². The first-order valence-electron chi connectivity index (χ1n) is 5.21. The second-order valence-corrected chi connectivity index (χ2v) is 4.70. The molecular weight excluding hydrogens is 230 g/mol. The van der Waals surface area contributed by atoms with Crippen LogP contribution < -0.4 is 0 Å². The molecule has 0 bridgehead atoms. The van der Waals surface area contributed by atoms with E-state index in [1.54, 1.807) is 17.8 Å². The van der Waals surface area contributed by atoms with Crippen molar-refractivity contribution >= 4 is 23.5 Å². The molecule has 0 heterocycles. The third kappa shape index (κ3) is 3.06. The van der Waals surface area contributed by atoms with Gasteiger partial charge in [-0.05, 0) is 31.2 Å². The summed E-state index contributed by atoms with van der Waals surface area (Å²) in [5, 5.41) is 0. The van der Waals surface area contributed by atoms with E-state index in [0.29, 0.717) is 5.69 Å². The minimum absolute atomic E-state index is 0.661. The molecule has 0 aliphatic rings. The predicted octanol–water partition coefficient (Wildman–Crippen LogP) is 4.11. The van der Waals surface area contributed by atoms with Crippen LogP contribution in [0, 0.1) is 6.92 Å². The summed E-state index contributed by atoms with van der Waals surface area (Å²) >= 11 is 1.60. The molecule has 2 aromatic carbocycles. The van der Waals surface area contributed by atoms with Crippen LogP contribution in [0.4, 0.5) is 5.69 Å². The van der Waals surface area contributed by atoms with Gasteiger partial charge in [0.2, 0.25) is 6.08 Å². The molecule has 0 saturated heterocycles. The van der Waals surface area contributed by atoms with Gasteiger partial charge in [-0.3, -0.25) is 0 Å². The second kappa shape index (κ2) is 5.48. The number of para-hydroxylation sites is 1. The molecule has 0 atom stereocenters. The number of isocyanates is 1. The number of nitrogens with zero attached hydrogens (tertiary/aromatic N) is 1. The van der Waals surface area contributed by atoms with Gasteiger partial charge < -0.3 is 0 Å². The molecule has 0 radical (unpaired) electrons. The lowest BCUT2D eigenvalue weighted by atomic mass is 10.2. The van der Waals surface area contributed by atoms with Crippen LogP contribution in [0.5, 0.6) is 0 Å². The van der Waals surface area contributed by atoms with Gasteiger partial charge in [0, 0.05) is 9.79 Å². The normalized spacial score (nSPS) is 9.71. The Labute approximate surface area is 104 Å². The van der Waals surface area contributed by atoms with Crippen LogP contribution in [0.15, 0.2) is 63.3 Å². The third-order valence-corrected chi connectivity index (χ3v) is 3.30. The highest BCUT2D eigenvalue weighted by molar-refractivity contribution is 7.99. The Kier molecular flexibility index (Phi) is 3.76. The van der Waals surface area contributed by atoms with Crippen molar-refractivity contribution in [1.82, 2.24) is 0 Å². The van der Waals surface area contributed by atoms with Crippen LogP contribution in [0.1, 0.15) is 5.56 Å². The fourth-order valence-electron chi connectivity index (χ4n) is 1.49. The molecule has 0 spiro atoms. The van der Waals surface area contributed by atoms with Crippen LogP contribution in [-0.4, -0.2) is 6.08 Å². The quantitative estimate of drug-likeness (QED) is 0.597. The van der Waals surface area contributed by atoms with Crippen molar-refractivity contribution in [3.8, 4) is 0 Å². The fourth-order valence-corrected chi connectivity index (χ4v) is 2.50. The summed E-state index contributed by atoms with van der Waals surface area (Å²) in [5.74, 6) is 0. The van der Waals surface area contributed by atoms with Gasteiger partial charge in [0.1, 0.15) is 0 Å². The monoisotopic (exact) mass is 241 g/mol. The fraction of sp³-hybridized carbons (Fsp3) is 0.0714. The van der Waals surface area contributed by atoms with Gasteiger partial charge in [0.05, 0.1) is 5.69 Å². The maximum absolute atomic E-state index is 10.3. The molecule has 0 unspecified atom stereocenters. The highest BCUT2D eigenvalue weighted by Gasteiger charge is 2.02. The van der Waals surface area contributed by atoms with Crippen molar-refractivity contribution in [2.75, 3.05) is 0 Å². The zero-order valence-electron chi connectivity index (χ0n) is 9.38. The molecule has 0 saturated carbocycles. The van der Waals surface area contributed by atoms with E-state index < -0.39 is 0 Å². The minimum Gasteiger partial charge on any atom is -0.211 e. The number of benzene rings is 2. The lowest BCUT2D eigenvalue weighted by Gasteiger charge is -2.04. The van der Waals surface area contributed by atoms with Crippen molar-refractivity contribution in [3.05, 3.63) is 54.1 Å². The molecule has 0 N–H and O–H groups in total. The number of aliphatic imine (C=N–C) groups is 1.